The van der Waals surface area contributed by atoms with Gasteiger partial charge in [-0.15, -0.1) is 0 Å². The van der Waals surface area contributed by atoms with Crippen molar-refractivity contribution < 1.29 is 5.11 Å². The third-order valence-corrected chi connectivity index (χ3v) is 3.55. The first-order chi connectivity index (χ1) is 10.6. The number of anilines is 2. The van der Waals surface area contributed by atoms with Gasteiger partial charge in [-0.2, -0.15) is 0 Å². The molecule has 0 spiro atoms. The van der Waals surface area contributed by atoms with Gasteiger partial charge in [-0.05, 0) is 43.5 Å². The zero-order chi connectivity index (χ0) is 15.7. The fourth-order valence-corrected chi connectivity index (χ4v) is 2.46. The number of aryl methyl sites for hydroxylation is 1. The molecule has 2 aromatic carbocycles. The van der Waals surface area contributed by atoms with E-state index >= 15 is 0 Å². The Hall–Kier alpha value is -2.66. The molecule has 6 heteroatoms. The zero-order valence-electron chi connectivity index (χ0n) is 11.8. The maximum absolute atomic E-state index is 9.96. The lowest BCUT2D eigenvalue weighted by molar-refractivity contribution is 0.478. The summed E-state index contributed by atoms with van der Waals surface area (Å²) >= 11 is 5.84. The molecule has 0 fully saturated rings. The van der Waals surface area contributed by atoms with Crippen molar-refractivity contribution in [2.24, 2.45) is 4.99 Å². The van der Waals surface area contributed by atoms with Crippen LogP contribution in [0.2, 0.25) is 5.02 Å². The Labute approximate surface area is 132 Å². The van der Waals surface area contributed by atoms with Crippen LogP contribution in [0.5, 0.6) is 5.75 Å². The van der Waals surface area contributed by atoms with Gasteiger partial charge in [0.25, 0.3) is 0 Å². The number of fused-ring (bicyclic) bond motifs is 1. The van der Waals surface area contributed by atoms with E-state index in [1.165, 1.54) is 12.4 Å². The molecule has 110 valence electrons. The number of nitrogens with one attached hydrogen (secondary N) is 1. The number of hydrogen-bond donors (Lipinski definition) is 2. The second-order valence-electron chi connectivity index (χ2n) is 4.82. The van der Waals surface area contributed by atoms with Crippen molar-refractivity contribution in [3.63, 3.8) is 0 Å². The molecular weight excluding hydrogens is 300 g/mol. The first-order valence-corrected chi connectivity index (χ1v) is 6.94. The van der Waals surface area contributed by atoms with Crippen LogP contribution in [0.3, 0.4) is 0 Å². The predicted octanol–water partition coefficient (Wildman–Crippen LogP) is 4.37. The number of aliphatic imine (C=N–C) groups is 1. The monoisotopic (exact) mass is 312 g/mol. The molecule has 0 atom stereocenters. The average molecular weight is 313 g/mol. The maximum atomic E-state index is 9.96. The summed E-state index contributed by atoms with van der Waals surface area (Å²) in [5.74, 6) is 0.664. The van der Waals surface area contributed by atoms with Gasteiger partial charge >= 0.3 is 0 Å². The predicted molar refractivity (Wildman–Crippen MR) is 89.9 cm³/mol. The van der Waals surface area contributed by atoms with Crippen molar-refractivity contribution in [3.8, 4) is 5.75 Å². The lowest BCUT2D eigenvalue weighted by atomic mass is 10.1. The first-order valence-electron chi connectivity index (χ1n) is 6.56. The zero-order valence-corrected chi connectivity index (χ0v) is 12.6. The second kappa shape index (κ2) is 5.61. The molecule has 0 bridgehead atoms. The number of nitrogens with zero attached hydrogens (tertiary/aromatic N) is 3. The number of phenols is 1. The van der Waals surface area contributed by atoms with Crippen LogP contribution < -0.4 is 5.32 Å². The number of phenolic OH excluding ortho intramolecular Hbond substituents is 1. The molecule has 0 saturated carbocycles. The Morgan fingerprint density at radius 1 is 1.23 bits per heavy atom. The number of halogens is 1. The van der Waals surface area contributed by atoms with Crippen molar-refractivity contribution in [1.29, 1.82) is 0 Å². The lowest BCUT2D eigenvalue weighted by Gasteiger charge is -2.12. The highest BCUT2D eigenvalue weighted by molar-refractivity contribution is 6.30. The normalized spacial score (nSPS) is 10.6. The molecule has 0 aliphatic heterocycles. The van der Waals surface area contributed by atoms with Gasteiger partial charge in [-0.3, -0.25) is 4.99 Å². The molecule has 0 unspecified atom stereocenters. The largest absolute Gasteiger partial charge is 0.506 e. The van der Waals surface area contributed by atoms with Gasteiger partial charge in [0.15, 0.2) is 0 Å². The molecule has 2 N–H and O–H groups in total. The van der Waals surface area contributed by atoms with Crippen LogP contribution in [0.15, 0.2) is 41.7 Å². The molecule has 0 aliphatic carbocycles. The van der Waals surface area contributed by atoms with Gasteiger partial charge in [0, 0.05) is 16.5 Å². The van der Waals surface area contributed by atoms with E-state index in [1.807, 2.05) is 19.1 Å². The molecule has 0 aliphatic rings. The van der Waals surface area contributed by atoms with Gasteiger partial charge in [0.05, 0.1) is 16.9 Å². The van der Waals surface area contributed by atoms with Gasteiger partial charge < -0.3 is 10.4 Å². The summed E-state index contributed by atoms with van der Waals surface area (Å²) in [7, 11) is 0. The first kappa shape index (κ1) is 14.3. The molecule has 3 aromatic rings. The Morgan fingerprint density at radius 3 is 2.77 bits per heavy atom. The molecular formula is C16H13ClN4O. The molecule has 1 heterocycles. The summed E-state index contributed by atoms with van der Waals surface area (Å²) < 4.78 is 0. The number of aromatic hydroxyl groups is 1. The third kappa shape index (κ3) is 2.58. The number of aromatic nitrogens is 2. The Balaban J connectivity index is 2.13. The lowest BCUT2D eigenvalue weighted by Crippen LogP contribution is -1.97. The van der Waals surface area contributed by atoms with E-state index in [9.17, 15) is 5.11 Å². The Kier molecular flexibility index (Phi) is 3.65. The molecule has 0 amide bonds. The summed E-state index contributed by atoms with van der Waals surface area (Å²) in [5, 5.41) is 14.4. The molecule has 0 saturated heterocycles. The van der Waals surface area contributed by atoms with Crippen molar-refractivity contribution in [3.05, 3.63) is 47.2 Å². The van der Waals surface area contributed by atoms with E-state index in [1.54, 1.807) is 12.1 Å². The molecule has 0 radical (unpaired) electrons. The minimum Gasteiger partial charge on any atom is -0.506 e. The highest BCUT2D eigenvalue weighted by atomic mass is 35.5. The topological polar surface area (TPSA) is 70.4 Å². The molecule has 22 heavy (non-hydrogen) atoms. The van der Waals surface area contributed by atoms with Crippen LogP contribution in [0, 0.1) is 6.92 Å². The van der Waals surface area contributed by atoms with Crippen molar-refractivity contribution in [2.75, 3.05) is 5.32 Å². The van der Waals surface area contributed by atoms with Crippen LogP contribution >= 0.6 is 11.6 Å². The smallest absolute Gasteiger partial charge is 0.142 e. The van der Waals surface area contributed by atoms with Crippen molar-refractivity contribution >= 4 is 46.4 Å². The molecule has 5 nitrogen and oxygen atoms in total. The summed E-state index contributed by atoms with van der Waals surface area (Å²) in [6.07, 6.45) is 1.46. The average Bonchev–Trinajstić information content (AvgIpc) is 2.49. The van der Waals surface area contributed by atoms with E-state index < -0.39 is 0 Å². The van der Waals surface area contributed by atoms with E-state index in [2.05, 4.69) is 27.0 Å². The summed E-state index contributed by atoms with van der Waals surface area (Å²) in [6.45, 7) is 5.49. The SMILES string of the molecule is C=Nc1cc(C)c2c(Nc3ccc(Cl)cc3O)ncnc2c1. The Morgan fingerprint density at radius 2 is 2.05 bits per heavy atom. The molecule has 1 aromatic heterocycles. The van der Waals surface area contributed by atoms with Crippen LogP contribution in [-0.4, -0.2) is 21.8 Å². The third-order valence-electron chi connectivity index (χ3n) is 3.32. The molecule has 3 rings (SSSR count). The van der Waals surface area contributed by atoms with Crippen LogP contribution in [-0.2, 0) is 0 Å². The Bertz CT molecular complexity index is 879. The second-order valence-corrected chi connectivity index (χ2v) is 5.26. The number of rotatable bonds is 3. The fraction of sp³-hybridized carbons (Fsp3) is 0.0625. The van der Waals surface area contributed by atoms with E-state index in [4.69, 9.17) is 11.6 Å². The van der Waals surface area contributed by atoms with Gasteiger partial charge in [-0.25, -0.2) is 9.97 Å². The summed E-state index contributed by atoms with van der Waals surface area (Å²) in [4.78, 5) is 12.5. The van der Waals surface area contributed by atoms with Crippen LogP contribution in [0.1, 0.15) is 5.56 Å². The quantitative estimate of drug-likeness (QED) is 0.556. The minimum absolute atomic E-state index is 0.0568. The minimum atomic E-state index is 0.0568. The van der Waals surface area contributed by atoms with Crippen LogP contribution in [0.25, 0.3) is 10.9 Å². The van der Waals surface area contributed by atoms with Gasteiger partial charge in [-0.1, -0.05) is 11.6 Å². The summed E-state index contributed by atoms with van der Waals surface area (Å²) in [6, 6.07) is 8.61. The number of benzene rings is 2. The highest BCUT2D eigenvalue weighted by Gasteiger charge is 2.10. The van der Waals surface area contributed by atoms with Crippen molar-refractivity contribution in [1.82, 2.24) is 9.97 Å². The highest BCUT2D eigenvalue weighted by Crippen LogP contribution is 2.33. The standard InChI is InChI=1S/C16H13ClN4O/c1-9-5-11(18-2)7-13-15(9)16(20-8-19-13)21-12-4-3-10(17)6-14(12)22/h3-8,22H,2H2,1H3,(H,19,20,21). The van der Waals surface area contributed by atoms with E-state index in [0.29, 0.717) is 16.5 Å². The van der Waals surface area contributed by atoms with Crippen molar-refractivity contribution in [2.45, 2.75) is 6.92 Å². The van der Waals surface area contributed by atoms with Crippen LogP contribution in [0.4, 0.5) is 17.2 Å². The summed E-state index contributed by atoms with van der Waals surface area (Å²) in [5.41, 5.74) is 3.00. The maximum Gasteiger partial charge on any atom is 0.142 e. The van der Waals surface area contributed by atoms with Gasteiger partial charge in [0.2, 0.25) is 0 Å². The van der Waals surface area contributed by atoms with E-state index in [-0.39, 0.29) is 5.75 Å². The fourth-order valence-electron chi connectivity index (χ4n) is 2.30. The number of hydrogen-bond acceptors (Lipinski definition) is 5. The van der Waals surface area contributed by atoms with Gasteiger partial charge in [0.1, 0.15) is 17.9 Å². The van der Waals surface area contributed by atoms with E-state index in [0.717, 1.165) is 22.2 Å².